The minimum atomic E-state index is -3.84. The molecule has 160 valence electrons. The number of hydrogen-bond acceptors (Lipinski definition) is 7. The van der Waals surface area contributed by atoms with Crippen LogP contribution >= 0.6 is 0 Å². The second kappa shape index (κ2) is 8.66. The molecule has 0 aliphatic heterocycles. The number of rotatable bonds is 8. The number of aromatic nitrogens is 4. The van der Waals surface area contributed by atoms with E-state index >= 15 is 0 Å². The lowest BCUT2D eigenvalue weighted by Crippen LogP contribution is -2.28. The second-order valence-corrected chi connectivity index (χ2v) is 8.17. The molecule has 0 spiro atoms. The first-order valence-corrected chi connectivity index (χ1v) is 10.7. The van der Waals surface area contributed by atoms with Crippen molar-refractivity contribution in [3.63, 3.8) is 0 Å². The summed E-state index contributed by atoms with van der Waals surface area (Å²) >= 11 is 0. The third kappa shape index (κ3) is 4.62. The van der Waals surface area contributed by atoms with Gasteiger partial charge in [-0.1, -0.05) is 18.2 Å². The first-order chi connectivity index (χ1) is 15.0. The molecule has 0 aliphatic carbocycles. The van der Waals surface area contributed by atoms with Crippen molar-refractivity contribution in [1.29, 1.82) is 0 Å². The van der Waals surface area contributed by atoms with Gasteiger partial charge in [-0.3, -0.25) is 0 Å². The molecule has 2 heterocycles. The Morgan fingerprint density at radius 3 is 2.71 bits per heavy atom. The molecule has 2 aromatic carbocycles. The van der Waals surface area contributed by atoms with Crippen molar-refractivity contribution >= 4 is 15.7 Å². The molecule has 0 saturated heterocycles. The second-order valence-electron chi connectivity index (χ2n) is 6.40. The molecule has 0 bridgehead atoms. The number of ether oxygens (including phenoxy) is 2. The third-order valence-corrected chi connectivity index (χ3v) is 5.78. The molecule has 9 nitrogen and oxygen atoms in total. The van der Waals surface area contributed by atoms with Crippen molar-refractivity contribution in [3.8, 4) is 23.0 Å². The summed E-state index contributed by atoms with van der Waals surface area (Å²) < 4.78 is 52.4. The lowest BCUT2D eigenvalue weighted by Gasteiger charge is -2.08. The van der Waals surface area contributed by atoms with Crippen LogP contribution in [0.3, 0.4) is 0 Å². The fraction of sp³-hybridized carbons (Fsp3) is 0.150. The Morgan fingerprint density at radius 1 is 1.06 bits per heavy atom. The molecular formula is C20H18FN5O4S. The van der Waals surface area contributed by atoms with Gasteiger partial charge < -0.3 is 9.47 Å². The zero-order valence-corrected chi connectivity index (χ0v) is 17.2. The van der Waals surface area contributed by atoms with Crippen molar-refractivity contribution in [2.24, 2.45) is 0 Å². The topological polar surface area (TPSA) is 108 Å². The maximum atomic E-state index is 13.3. The van der Waals surface area contributed by atoms with E-state index in [-0.39, 0.29) is 23.9 Å². The molecular weight excluding hydrogens is 425 g/mol. The van der Waals surface area contributed by atoms with Gasteiger partial charge in [0, 0.05) is 18.2 Å². The zero-order valence-electron chi connectivity index (χ0n) is 16.4. The Bertz CT molecular complexity index is 1330. The van der Waals surface area contributed by atoms with E-state index in [2.05, 4.69) is 20.0 Å². The molecule has 0 atom stereocenters. The summed E-state index contributed by atoms with van der Waals surface area (Å²) in [5, 5.41) is 12.6. The van der Waals surface area contributed by atoms with Crippen molar-refractivity contribution in [2.75, 3.05) is 20.3 Å². The van der Waals surface area contributed by atoms with E-state index in [4.69, 9.17) is 9.47 Å². The van der Waals surface area contributed by atoms with Gasteiger partial charge in [0.25, 0.3) is 0 Å². The molecule has 0 fully saturated rings. The average Bonchev–Trinajstić information content (AvgIpc) is 3.20. The molecule has 0 unspecified atom stereocenters. The summed E-state index contributed by atoms with van der Waals surface area (Å²) in [6.45, 7) is -0.00679. The number of sulfonamides is 1. The monoisotopic (exact) mass is 443 g/mol. The van der Waals surface area contributed by atoms with E-state index in [1.54, 1.807) is 19.2 Å². The maximum absolute atomic E-state index is 13.3. The van der Waals surface area contributed by atoms with Crippen molar-refractivity contribution in [1.82, 2.24) is 24.5 Å². The Balaban J connectivity index is 1.44. The van der Waals surface area contributed by atoms with Gasteiger partial charge in [-0.2, -0.15) is 4.52 Å². The Labute approximate surface area is 177 Å². The van der Waals surface area contributed by atoms with Crippen molar-refractivity contribution in [3.05, 3.63) is 66.5 Å². The van der Waals surface area contributed by atoms with Gasteiger partial charge in [0.2, 0.25) is 15.9 Å². The van der Waals surface area contributed by atoms with Crippen molar-refractivity contribution < 1.29 is 22.3 Å². The molecule has 4 aromatic rings. The van der Waals surface area contributed by atoms with Crippen LogP contribution in [0.4, 0.5) is 4.39 Å². The highest BCUT2D eigenvalue weighted by atomic mass is 32.2. The third-order valence-electron chi connectivity index (χ3n) is 4.32. The highest BCUT2D eigenvalue weighted by Crippen LogP contribution is 2.23. The van der Waals surface area contributed by atoms with Gasteiger partial charge >= 0.3 is 0 Å². The average molecular weight is 443 g/mol. The maximum Gasteiger partial charge on any atom is 0.240 e. The number of halogens is 1. The first kappa shape index (κ1) is 20.7. The SMILES string of the molecule is COc1cccc(-c2nnc3ccc(OCCNS(=O)(=O)c4cccc(F)c4)nn23)c1. The standard InChI is InChI=1S/C20H18FN5O4S/c1-29-16-6-2-4-14(12-16)20-24-23-18-8-9-19(25-26(18)20)30-11-10-22-31(27,28)17-7-3-5-15(21)13-17/h2-9,12-13,22H,10-11H2,1H3. The number of nitrogens with zero attached hydrogens (tertiary/aromatic N) is 4. The van der Waals surface area contributed by atoms with E-state index in [0.29, 0.717) is 17.2 Å². The van der Waals surface area contributed by atoms with Crippen LogP contribution in [-0.4, -0.2) is 48.5 Å². The van der Waals surface area contributed by atoms with E-state index in [9.17, 15) is 12.8 Å². The fourth-order valence-electron chi connectivity index (χ4n) is 2.84. The quantitative estimate of drug-likeness (QED) is 0.416. The molecule has 0 saturated carbocycles. The van der Waals surface area contributed by atoms with Crippen LogP contribution < -0.4 is 14.2 Å². The van der Waals surface area contributed by atoms with E-state index < -0.39 is 15.8 Å². The fourth-order valence-corrected chi connectivity index (χ4v) is 3.88. The summed E-state index contributed by atoms with van der Waals surface area (Å²) in [7, 11) is -2.26. The first-order valence-electron chi connectivity index (χ1n) is 9.21. The largest absolute Gasteiger partial charge is 0.497 e. The molecule has 0 aliphatic rings. The summed E-state index contributed by atoms with van der Waals surface area (Å²) in [6, 6.07) is 15.4. The zero-order chi connectivity index (χ0) is 21.8. The summed E-state index contributed by atoms with van der Waals surface area (Å²) in [5.74, 6) is 0.817. The van der Waals surface area contributed by atoms with Crippen LogP contribution in [0.25, 0.3) is 17.0 Å². The molecule has 0 radical (unpaired) electrons. The number of nitrogens with one attached hydrogen (secondary N) is 1. The predicted octanol–water partition coefficient (Wildman–Crippen LogP) is 2.30. The van der Waals surface area contributed by atoms with Gasteiger partial charge in [0.15, 0.2) is 11.5 Å². The van der Waals surface area contributed by atoms with Gasteiger partial charge in [0.1, 0.15) is 18.2 Å². The van der Waals surface area contributed by atoms with E-state index in [0.717, 1.165) is 11.6 Å². The molecule has 31 heavy (non-hydrogen) atoms. The molecule has 11 heteroatoms. The summed E-state index contributed by atoms with van der Waals surface area (Å²) in [5.41, 5.74) is 1.29. The molecule has 1 N–H and O–H groups in total. The van der Waals surface area contributed by atoms with Gasteiger partial charge in [-0.15, -0.1) is 15.3 Å². The van der Waals surface area contributed by atoms with Gasteiger partial charge in [-0.25, -0.2) is 17.5 Å². The Kier molecular flexibility index (Phi) is 5.78. The summed E-state index contributed by atoms with van der Waals surface area (Å²) in [6.07, 6.45) is 0. The van der Waals surface area contributed by atoms with E-state index in [1.165, 1.54) is 22.7 Å². The smallest absolute Gasteiger partial charge is 0.240 e. The van der Waals surface area contributed by atoms with E-state index in [1.807, 2.05) is 24.3 Å². The number of methoxy groups -OCH3 is 1. The van der Waals surface area contributed by atoms with Crippen LogP contribution in [0.1, 0.15) is 0 Å². The van der Waals surface area contributed by atoms with Gasteiger partial charge in [0.05, 0.1) is 12.0 Å². The number of benzene rings is 2. The molecule has 4 rings (SSSR count). The Hall–Kier alpha value is -3.57. The highest BCUT2D eigenvalue weighted by Gasteiger charge is 2.15. The normalized spacial score (nSPS) is 11.5. The van der Waals surface area contributed by atoms with Gasteiger partial charge in [-0.05, 0) is 36.4 Å². The lowest BCUT2D eigenvalue weighted by atomic mass is 10.2. The van der Waals surface area contributed by atoms with Crippen LogP contribution in [-0.2, 0) is 10.0 Å². The highest BCUT2D eigenvalue weighted by molar-refractivity contribution is 7.89. The minimum Gasteiger partial charge on any atom is -0.497 e. The Morgan fingerprint density at radius 2 is 1.90 bits per heavy atom. The van der Waals surface area contributed by atoms with Crippen LogP contribution in [0, 0.1) is 5.82 Å². The minimum absolute atomic E-state index is 0.0175. The predicted molar refractivity (Wildman–Crippen MR) is 110 cm³/mol. The lowest BCUT2D eigenvalue weighted by molar-refractivity contribution is 0.306. The summed E-state index contributed by atoms with van der Waals surface area (Å²) in [4.78, 5) is -0.153. The molecule has 2 aromatic heterocycles. The van der Waals surface area contributed by atoms with Crippen molar-refractivity contribution in [2.45, 2.75) is 4.90 Å². The van der Waals surface area contributed by atoms with Crippen LogP contribution in [0.5, 0.6) is 11.6 Å². The van der Waals surface area contributed by atoms with Crippen LogP contribution in [0.2, 0.25) is 0 Å². The number of hydrogen-bond donors (Lipinski definition) is 1. The molecule has 0 amide bonds. The number of fused-ring (bicyclic) bond motifs is 1. The van der Waals surface area contributed by atoms with Crippen LogP contribution in [0.15, 0.2) is 65.6 Å².